The maximum absolute atomic E-state index is 12.3. The van der Waals surface area contributed by atoms with Crippen LogP contribution in [0, 0.1) is 0 Å². The molecule has 1 saturated carbocycles. The summed E-state index contributed by atoms with van der Waals surface area (Å²) >= 11 is 5.95. The first-order valence-electron chi connectivity index (χ1n) is 8.51. The van der Waals surface area contributed by atoms with Crippen LogP contribution in [-0.2, 0) is 6.54 Å². The zero-order valence-electron chi connectivity index (χ0n) is 13.7. The standard InChI is InChI=1S/C18H24ClN3O/c1-21(16-7-5-3-2-4-6-8-16)13-15-11-18(23)22-12-14(19)9-10-17(22)20-15/h9-12,16H,2-8,13H2,1H3. The fourth-order valence-electron chi connectivity index (χ4n) is 3.47. The molecule has 0 spiro atoms. The lowest BCUT2D eigenvalue weighted by molar-refractivity contribution is 0.194. The van der Waals surface area contributed by atoms with Crippen LogP contribution in [0.5, 0.6) is 0 Å². The second-order valence-corrected chi connectivity index (χ2v) is 7.01. The van der Waals surface area contributed by atoms with E-state index in [1.807, 2.05) is 0 Å². The van der Waals surface area contributed by atoms with Gasteiger partial charge in [0.2, 0.25) is 0 Å². The van der Waals surface area contributed by atoms with Crippen molar-refractivity contribution in [2.45, 2.75) is 57.5 Å². The van der Waals surface area contributed by atoms with Crippen molar-refractivity contribution in [1.82, 2.24) is 14.3 Å². The number of halogens is 1. The predicted molar refractivity (Wildman–Crippen MR) is 94.0 cm³/mol. The van der Waals surface area contributed by atoms with Gasteiger partial charge in [-0.05, 0) is 32.0 Å². The van der Waals surface area contributed by atoms with Crippen LogP contribution in [0.2, 0.25) is 5.02 Å². The van der Waals surface area contributed by atoms with Crippen molar-refractivity contribution in [3.63, 3.8) is 0 Å². The minimum absolute atomic E-state index is 0.0708. The van der Waals surface area contributed by atoms with Crippen molar-refractivity contribution in [3.05, 3.63) is 45.5 Å². The Balaban J connectivity index is 1.77. The molecule has 2 aromatic rings. The van der Waals surface area contributed by atoms with E-state index >= 15 is 0 Å². The molecule has 1 aliphatic rings. The van der Waals surface area contributed by atoms with Gasteiger partial charge in [-0.2, -0.15) is 0 Å². The summed E-state index contributed by atoms with van der Waals surface area (Å²) in [6.45, 7) is 0.721. The van der Waals surface area contributed by atoms with E-state index in [0.29, 0.717) is 16.7 Å². The van der Waals surface area contributed by atoms with E-state index < -0.39 is 0 Å². The Morgan fingerprint density at radius 3 is 2.65 bits per heavy atom. The predicted octanol–water partition coefficient (Wildman–Crippen LogP) is 3.89. The number of hydrogen-bond acceptors (Lipinski definition) is 3. The summed E-state index contributed by atoms with van der Waals surface area (Å²) in [5, 5.41) is 0.542. The number of hydrogen-bond donors (Lipinski definition) is 0. The summed E-state index contributed by atoms with van der Waals surface area (Å²) in [7, 11) is 2.15. The lowest BCUT2D eigenvalue weighted by atomic mass is 9.96. The van der Waals surface area contributed by atoms with Gasteiger partial charge in [-0.15, -0.1) is 0 Å². The molecule has 23 heavy (non-hydrogen) atoms. The lowest BCUT2D eigenvalue weighted by Gasteiger charge is -2.29. The first-order valence-corrected chi connectivity index (χ1v) is 8.89. The molecule has 0 saturated heterocycles. The number of fused-ring (bicyclic) bond motifs is 1. The summed E-state index contributed by atoms with van der Waals surface area (Å²) in [6, 6.07) is 5.79. The Bertz CT molecular complexity index is 720. The van der Waals surface area contributed by atoms with Gasteiger partial charge in [-0.3, -0.25) is 14.1 Å². The summed E-state index contributed by atoms with van der Waals surface area (Å²) < 4.78 is 1.50. The van der Waals surface area contributed by atoms with E-state index in [1.165, 1.54) is 49.3 Å². The van der Waals surface area contributed by atoms with Crippen LogP contribution in [0.25, 0.3) is 5.65 Å². The van der Waals surface area contributed by atoms with Crippen LogP contribution in [-0.4, -0.2) is 27.4 Å². The Morgan fingerprint density at radius 2 is 1.91 bits per heavy atom. The van der Waals surface area contributed by atoms with Crippen molar-refractivity contribution in [2.75, 3.05) is 7.05 Å². The first-order chi connectivity index (χ1) is 11.1. The van der Waals surface area contributed by atoms with E-state index in [2.05, 4.69) is 16.9 Å². The molecule has 5 heteroatoms. The second kappa shape index (κ2) is 7.45. The van der Waals surface area contributed by atoms with Crippen molar-refractivity contribution in [1.29, 1.82) is 0 Å². The highest BCUT2D eigenvalue weighted by atomic mass is 35.5. The fraction of sp³-hybridized carbons (Fsp3) is 0.556. The second-order valence-electron chi connectivity index (χ2n) is 6.58. The molecular formula is C18H24ClN3O. The number of rotatable bonds is 3. The van der Waals surface area contributed by atoms with E-state index in [-0.39, 0.29) is 5.56 Å². The van der Waals surface area contributed by atoms with Gasteiger partial charge >= 0.3 is 0 Å². The van der Waals surface area contributed by atoms with Gasteiger partial charge in [0.1, 0.15) is 5.65 Å². The molecule has 0 radical (unpaired) electrons. The molecule has 1 aliphatic carbocycles. The third-order valence-electron chi connectivity index (χ3n) is 4.79. The smallest absolute Gasteiger partial charge is 0.258 e. The molecule has 124 valence electrons. The van der Waals surface area contributed by atoms with Crippen LogP contribution < -0.4 is 5.56 Å². The highest BCUT2D eigenvalue weighted by molar-refractivity contribution is 6.30. The van der Waals surface area contributed by atoms with Crippen LogP contribution in [0.1, 0.15) is 50.6 Å². The largest absolute Gasteiger partial charge is 0.298 e. The van der Waals surface area contributed by atoms with E-state index in [9.17, 15) is 4.79 Å². The zero-order chi connectivity index (χ0) is 16.2. The van der Waals surface area contributed by atoms with E-state index in [1.54, 1.807) is 24.4 Å². The molecule has 2 aromatic heterocycles. The van der Waals surface area contributed by atoms with Crippen LogP contribution in [0.4, 0.5) is 0 Å². The molecular weight excluding hydrogens is 310 g/mol. The Hall–Kier alpha value is -1.39. The van der Waals surface area contributed by atoms with E-state index in [4.69, 9.17) is 11.6 Å². The number of aromatic nitrogens is 2. The maximum atomic E-state index is 12.3. The third kappa shape index (κ3) is 4.12. The van der Waals surface area contributed by atoms with Gasteiger partial charge in [-0.25, -0.2) is 4.98 Å². The summed E-state index contributed by atoms with van der Waals surface area (Å²) in [4.78, 5) is 19.2. The number of nitrogens with zero attached hydrogens (tertiary/aromatic N) is 3. The van der Waals surface area contributed by atoms with Gasteiger partial charge in [-0.1, -0.05) is 43.7 Å². The van der Waals surface area contributed by atoms with Crippen molar-refractivity contribution >= 4 is 17.2 Å². The molecule has 0 atom stereocenters. The molecule has 2 heterocycles. The third-order valence-corrected chi connectivity index (χ3v) is 5.01. The summed E-state index contributed by atoms with van der Waals surface area (Å²) in [5.41, 5.74) is 1.42. The Labute approximate surface area is 142 Å². The topological polar surface area (TPSA) is 37.6 Å². The molecule has 0 unspecified atom stereocenters. The first kappa shape index (κ1) is 16.5. The summed E-state index contributed by atoms with van der Waals surface area (Å²) in [6.07, 6.45) is 10.8. The molecule has 0 aromatic carbocycles. The molecule has 4 nitrogen and oxygen atoms in total. The summed E-state index contributed by atoms with van der Waals surface area (Å²) in [5.74, 6) is 0. The SMILES string of the molecule is CN(Cc1cc(=O)n2cc(Cl)ccc2n1)C1CCCCCCC1. The average molecular weight is 334 g/mol. The minimum atomic E-state index is -0.0708. The molecule has 0 amide bonds. The van der Waals surface area contributed by atoms with Gasteiger partial charge in [0.05, 0.1) is 10.7 Å². The van der Waals surface area contributed by atoms with Crippen LogP contribution in [0.15, 0.2) is 29.2 Å². The van der Waals surface area contributed by atoms with E-state index in [0.717, 1.165) is 12.2 Å². The van der Waals surface area contributed by atoms with Crippen LogP contribution >= 0.6 is 11.6 Å². The van der Waals surface area contributed by atoms with Gasteiger partial charge in [0.15, 0.2) is 0 Å². The lowest BCUT2D eigenvalue weighted by Crippen LogP contribution is -2.32. The van der Waals surface area contributed by atoms with Crippen molar-refractivity contribution in [3.8, 4) is 0 Å². The maximum Gasteiger partial charge on any atom is 0.258 e. The number of pyridine rings is 1. The minimum Gasteiger partial charge on any atom is -0.298 e. The molecule has 0 N–H and O–H groups in total. The van der Waals surface area contributed by atoms with Crippen molar-refractivity contribution < 1.29 is 0 Å². The zero-order valence-corrected chi connectivity index (χ0v) is 14.4. The van der Waals surface area contributed by atoms with Crippen molar-refractivity contribution in [2.24, 2.45) is 0 Å². The monoisotopic (exact) mass is 333 g/mol. The Morgan fingerprint density at radius 1 is 1.22 bits per heavy atom. The Kier molecular flexibility index (Phi) is 5.34. The molecule has 1 fully saturated rings. The highest BCUT2D eigenvalue weighted by Gasteiger charge is 2.17. The quantitative estimate of drug-likeness (QED) is 0.855. The highest BCUT2D eigenvalue weighted by Crippen LogP contribution is 2.21. The van der Waals surface area contributed by atoms with Gasteiger partial charge in [0, 0.05) is 24.8 Å². The molecule has 0 bridgehead atoms. The fourth-order valence-corrected chi connectivity index (χ4v) is 3.63. The van der Waals surface area contributed by atoms with Gasteiger partial charge in [0.25, 0.3) is 5.56 Å². The molecule has 0 aliphatic heterocycles. The van der Waals surface area contributed by atoms with Crippen LogP contribution in [0.3, 0.4) is 0 Å². The van der Waals surface area contributed by atoms with Gasteiger partial charge < -0.3 is 0 Å². The molecule has 3 rings (SSSR count). The normalized spacial score (nSPS) is 17.3. The average Bonchev–Trinajstić information content (AvgIpc) is 2.47.